The van der Waals surface area contributed by atoms with Gasteiger partial charge in [-0.2, -0.15) is 11.8 Å². The average molecular weight is 280 g/mol. The summed E-state index contributed by atoms with van der Waals surface area (Å²) in [5.74, 6) is 0.753. The lowest BCUT2D eigenvalue weighted by atomic mass is 10.1. The normalized spacial score (nSPS) is 24.2. The number of amides is 1. The van der Waals surface area contributed by atoms with Crippen molar-refractivity contribution in [2.45, 2.75) is 24.5 Å². The maximum Gasteiger partial charge on any atom is 0.244 e. The highest BCUT2D eigenvalue weighted by Crippen LogP contribution is 2.46. The number of nitrogens with zero attached hydrogens (tertiary/aromatic N) is 1. The predicted molar refractivity (Wildman–Crippen MR) is 74.3 cm³/mol. The Morgan fingerprint density at radius 2 is 2.21 bits per heavy atom. The van der Waals surface area contributed by atoms with Crippen LogP contribution in [0.2, 0.25) is 0 Å². The summed E-state index contributed by atoms with van der Waals surface area (Å²) in [4.78, 5) is 14.2. The van der Waals surface area contributed by atoms with Gasteiger partial charge in [-0.3, -0.25) is 10.1 Å². The Labute approximate surface area is 116 Å². The van der Waals surface area contributed by atoms with Crippen LogP contribution in [0.5, 0.6) is 0 Å². The van der Waals surface area contributed by atoms with E-state index in [1.807, 2.05) is 12.3 Å². The smallest absolute Gasteiger partial charge is 0.244 e. The fourth-order valence-corrected chi connectivity index (χ4v) is 3.02. The van der Waals surface area contributed by atoms with Crippen molar-refractivity contribution >= 4 is 17.7 Å². The summed E-state index contributed by atoms with van der Waals surface area (Å²) in [5, 5.41) is 3.33. The first-order chi connectivity index (χ1) is 9.18. The molecule has 102 valence electrons. The first-order valence-electron chi connectivity index (χ1n) is 6.50. The minimum absolute atomic E-state index is 0.134. The summed E-state index contributed by atoms with van der Waals surface area (Å²) in [6.45, 7) is 0.660. The molecule has 5 heteroatoms. The maximum absolute atomic E-state index is 14.0. The van der Waals surface area contributed by atoms with Gasteiger partial charge in [0.15, 0.2) is 0 Å². The second-order valence-corrected chi connectivity index (χ2v) is 6.13. The molecule has 0 bridgehead atoms. The predicted octanol–water partition coefficient (Wildman–Crippen LogP) is 2.15. The number of thioether (sulfide) groups is 1. The van der Waals surface area contributed by atoms with Crippen molar-refractivity contribution < 1.29 is 9.18 Å². The first kappa shape index (κ1) is 12.9. The summed E-state index contributed by atoms with van der Waals surface area (Å²) in [5.41, 5.74) is 0.173. The van der Waals surface area contributed by atoms with Gasteiger partial charge in [-0.1, -0.05) is 18.2 Å². The zero-order chi connectivity index (χ0) is 13.5. The van der Waals surface area contributed by atoms with Gasteiger partial charge < -0.3 is 4.90 Å². The molecule has 1 aliphatic carbocycles. The van der Waals surface area contributed by atoms with Gasteiger partial charge in [0, 0.05) is 17.9 Å². The molecule has 3 rings (SSSR count). The SMILES string of the molecule is CSCCN1C(=O)C2(CC2)NC1c1ccccc1F. The van der Waals surface area contributed by atoms with Gasteiger partial charge in [0.1, 0.15) is 17.5 Å². The summed E-state index contributed by atoms with van der Waals surface area (Å²) < 4.78 is 14.0. The van der Waals surface area contributed by atoms with Gasteiger partial charge in [0.05, 0.1) is 0 Å². The van der Waals surface area contributed by atoms with Crippen molar-refractivity contribution in [1.82, 2.24) is 10.2 Å². The van der Waals surface area contributed by atoms with Crippen LogP contribution < -0.4 is 5.32 Å². The lowest BCUT2D eigenvalue weighted by Crippen LogP contribution is -2.33. The van der Waals surface area contributed by atoms with E-state index in [0.29, 0.717) is 12.1 Å². The average Bonchev–Trinajstić information content (AvgIpc) is 3.13. The highest BCUT2D eigenvalue weighted by Gasteiger charge is 2.59. The molecule has 1 spiro atoms. The standard InChI is InChI=1S/C14H17FN2OS/c1-19-9-8-17-12(10-4-2-3-5-11(10)15)16-14(6-7-14)13(17)18/h2-5,12,16H,6-9H2,1H3. The van der Waals surface area contributed by atoms with E-state index in [0.717, 1.165) is 18.6 Å². The van der Waals surface area contributed by atoms with Gasteiger partial charge in [0.25, 0.3) is 0 Å². The molecule has 1 unspecified atom stereocenters. The topological polar surface area (TPSA) is 32.3 Å². The molecule has 3 nitrogen and oxygen atoms in total. The Bertz CT molecular complexity index is 504. The molecular weight excluding hydrogens is 263 g/mol. The summed E-state index contributed by atoms with van der Waals surface area (Å²) in [6.07, 6.45) is 3.43. The van der Waals surface area contributed by atoms with E-state index >= 15 is 0 Å². The molecular formula is C14H17FN2OS. The highest BCUT2D eigenvalue weighted by atomic mass is 32.2. The molecule has 2 fully saturated rings. The van der Waals surface area contributed by atoms with Crippen LogP contribution in [0, 0.1) is 5.82 Å². The van der Waals surface area contributed by atoms with Crippen molar-refractivity contribution in [2.75, 3.05) is 18.6 Å². The number of halogens is 1. The van der Waals surface area contributed by atoms with E-state index in [9.17, 15) is 9.18 Å². The van der Waals surface area contributed by atoms with Crippen LogP contribution in [0.25, 0.3) is 0 Å². The van der Waals surface area contributed by atoms with Crippen LogP contribution in [0.4, 0.5) is 4.39 Å². The van der Waals surface area contributed by atoms with E-state index in [1.54, 1.807) is 28.8 Å². The Morgan fingerprint density at radius 3 is 2.84 bits per heavy atom. The van der Waals surface area contributed by atoms with Gasteiger partial charge in [-0.05, 0) is 25.2 Å². The lowest BCUT2D eigenvalue weighted by molar-refractivity contribution is -0.130. The third-order valence-corrected chi connectivity index (χ3v) is 4.47. The van der Waals surface area contributed by atoms with Crippen molar-refractivity contribution in [3.8, 4) is 0 Å². The van der Waals surface area contributed by atoms with E-state index < -0.39 is 5.54 Å². The third-order valence-electron chi connectivity index (χ3n) is 3.88. The lowest BCUT2D eigenvalue weighted by Gasteiger charge is -2.24. The minimum atomic E-state index is -0.397. The van der Waals surface area contributed by atoms with Crippen molar-refractivity contribution in [3.63, 3.8) is 0 Å². The zero-order valence-electron chi connectivity index (χ0n) is 10.9. The van der Waals surface area contributed by atoms with Gasteiger partial charge in [0.2, 0.25) is 5.91 Å². The molecule has 0 radical (unpaired) electrons. The molecule has 2 aliphatic rings. The number of hydrogen-bond donors (Lipinski definition) is 1. The van der Waals surface area contributed by atoms with Crippen LogP contribution >= 0.6 is 11.8 Å². The fourth-order valence-electron chi connectivity index (χ4n) is 2.64. The van der Waals surface area contributed by atoms with Crippen LogP contribution in [0.1, 0.15) is 24.6 Å². The van der Waals surface area contributed by atoms with E-state index in [4.69, 9.17) is 0 Å². The summed E-state index contributed by atoms with van der Waals surface area (Å²) in [7, 11) is 0. The molecule has 1 heterocycles. The molecule has 1 aromatic carbocycles. The molecule has 1 aliphatic heterocycles. The number of carbonyl (C=O) groups excluding carboxylic acids is 1. The number of benzene rings is 1. The second-order valence-electron chi connectivity index (χ2n) is 5.14. The van der Waals surface area contributed by atoms with Crippen molar-refractivity contribution in [3.05, 3.63) is 35.6 Å². The number of rotatable bonds is 4. The molecule has 1 saturated carbocycles. The Morgan fingerprint density at radius 1 is 1.47 bits per heavy atom. The molecule has 1 N–H and O–H groups in total. The minimum Gasteiger partial charge on any atom is -0.320 e. The van der Waals surface area contributed by atoms with Gasteiger partial charge in [-0.15, -0.1) is 0 Å². The van der Waals surface area contributed by atoms with Crippen molar-refractivity contribution in [1.29, 1.82) is 0 Å². The van der Waals surface area contributed by atoms with Crippen molar-refractivity contribution in [2.24, 2.45) is 0 Å². The molecule has 1 atom stereocenters. The van der Waals surface area contributed by atoms with Gasteiger partial charge in [-0.25, -0.2) is 4.39 Å². The van der Waals surface area contributed by atoms with Crippen LogP contribution in [-0.2, 0) is 4.79 Å². The number of hydrogen-bond acceptors (Lipinski definition) is 3. The van der Waals surface area contributed by atoms with Crippen LogP contribution in [0.15, 0.2) is 24.3 Å². The largest absolute Gasteiger partial charge is 0.320 e. The number of nitrogens with one attached hydrogen (secondary N) is 1. The van der Waals surface area contributed by atoms with E-state index in [2.05, 4.69) is 5.32 Å². The summed E-state index contributed by atoms with van der Waals surface area (Å²) in [6, 6.07) is 6.70. The monoisotopic (exact) mass is 280 g/mol. The van der Waals surface area contributed by atoms with Gasteiger partial charge >= 0.3 is 0 Å². The Balaban J connectivity index is 1.90. The third kappa shape index (κ3) is 2.15. The zero-order valence-corrected chi connectivity index (χ0v) is 11.7. The highest BCUT2D eigenvalue weighted by molar-refractivity contribution is 7.98. The van der Waals surface area contributed by atoms with E-state index in [-0.39, 0.29) is 17.9 Å². The summed E-state index contributed by atoms with van der Waals surface area (Å²) >= 11 is 1.70. The second kappa shape index (κ2) is 4.80. The van der Waals surface area contributed by atoms with Crippen LogP contribution in [-0.4, -0.2) is 34.9 Å². The number of carbonyl (C=O) groups is 1. The Hall–Kier alpha value is -1.07. The molecule has 0 aromatic heterocycles. The quantitative estimate of drug-likeness (QED) is 0.917. The van der Waals surface area contributed by atoms with E-state index in [1.165, 1.54) is 6.07 Å². The molecule has 1 amide bonds. The molecule has 1 aromatic rings. The Kier molecular flexibility index (Phi) is 3.27. The molecule has 1 saturated heterocycles. The van der Waals surface area contributed by atoms with Crippen LogP contribution in [0.3, 0.4) is 0 Å². The molecule has 19 heavy (non-hydrogen) atoms. The first-order valence-corrected chi connectivity index (χ1v) is 7.89. The fraction of sp³-hybridized carbons (Fsp3) is 0.500. The maximum atomic E-state index is 14.0.